The van der Waals surface area contributed by atoms with Crippen LogP contribution >= 0.6 is 0 Å². The van der Waals surface area contributed by atoms with Gasteiger partial charge in [0.1, 0.15) is 5.69 Å². The van der Waals surface area contributed by atoms with Crippen molar-refractivity contribution >= 4 is 5.69 Å². The van der Waals surface area contributed by atoms with Gasteiger partial charge in [0.05, 0.1) is 0 Å². The van der Waals surface area contributed by atoms with Gasteiger partial charge in [0.2, 0.25) is 0 Å². The maximum atomic E-state index is 9.86. The molecule has 62 valence electrons. The Morgan fingerprint density at radius 3 is 2.17 bits per heavy atom. The lowest BCUT2D eigenvalue weighted by Gasteiger charge is -1.93. The summed E-state index contributed by atoms with van der Waals surface area (Å²) in [7, 11) is 0. The Labute approximate surface area is 68.4 Å². The van der Waals surface area contributed by atoms with Gasteiger partial charge in [-0.2, -0.15) is 0 Å². The zero-order valence-electron chi connectivity index (χ0n) is 6.04. The van der Waals surface area contributed by atoms with Gasteiger partial charge in [0, 0.05) is 10.8 Å². The second-order valence-corrected chi connectivity index (χ2v) is 1.73. The summed E-state index contributed by atoms with van der Waals surface area (Å²) in [5, 5.41) is 21.3. The van der Waals surface area contributed by atoms with E-state index in [-0.39, 0.29) is 0 Å². The van der Waals surface area contributed by atoms with E-state index in [2.05, 4.69) is 0 Å². The van der Waals surface area contributed by atoms with E-state index in [0.29, 0.717) is 5.69 Å². The lowest BCUT2D eigenvalue weighted by atomic mass is 10.3. The summed E-state index contributed by atoms with van der Waals surface area (Å²) in [5.74, 6) is 0. The first kappa shape index (κ1) is 9.84. The number of para-hydroxylation sites is 1. The van der Waals surface area contributed by atoms with E-state index >= 15 is 0 Å². The van der Waals surface area contributed by atoms with Crippen LogP contribution in [-0.4, -0.2) is 5.03 Å². The van der Waals surface area contributed by atoms with Gasteiger partial charge < -0.3 is 0 Å². The summed E-state index contributed by atoms with van der Waals surface area (Å²) in [6.07, 6.45) is 0. The highest BCUT2D eigenvalue weighted by Gasteiger charge is 1.93. The van der Waals surface area contributed by atoms with Crippen LogP contribution in [0.5, 0.6) is 0 Å². The Balaban J connectivity index is 0.000000561. The molecule has 0 atom stereocenters. The molecule has 0 spiro atoms. The van der Waals surface area contributed by atoms with Gasteiger partial charge in [-0.05, 0) is 12.1 Å². The summed E-state index contributed by atoms with van der Waals surface area (Å²) in [6, 6.07) is 8.51. The monoisotopic (exact) mass is 166 g/mol. The van der Waals surface area contributed by atoms with Crippen molar-refractivity contribution in [2.45, 2.75) is 0 Å². The van der Waals surface area contributed by atoms with Crippen LogP contribution in [0.2, 0.25) is 0 Å². The summed E-state index contributed by atoms with van der Waals surface area (Å²) in [5.41, 5.74) is 2.52. The van der Waals surface area contributed by atoms with Crippen LogP contribution in [0.25, 0.3) is 0 Å². The summed E-state index contributed by atoms with van der Waals surface area (Å²) >= 11 is 0. The van der Waals surface area contributed by atoms with Gasteiger partial charge >= 0.3 is 0 Å². The fourth-order valence-electron chi connectivity index (χ4n) is 0.618. The molecule has 1 aromatic carbocycles. The van der Waals surface area contributed by atoms with Crippen molar-refractivity contribution in [2.75, 3.05) is 5.43 Å². The zero-order valence-corrected chi connectivity index (χ0v) is 6.04. The Morgan fingerprint density at radius 2 is 1.75 bits per heavy atom. The van der Waals surface area contributed by atoms with E-state index in [9.17, 15) is 10.1 Å². The molecule has 0 aliphatic rings. The first-order valence-electron chi connectivity index (χ1n) is 2.95. The van der Waals surface area contributed by atoms with Gasteiger partial charge in [-0.25, -0.2) is 10.1 Å². The van der Waals surface area contributed by atoms with Crippen LogP contribution in [0.15, 0.2) is 30.3 Å². The maximum absolute atomic E-state index is 9.86. The number of rotatable bonds is 2. The van der Waals surface area contributed by atoms with Gasteiger partial charge in [-0.1, -0.05) is 18.2 Å². The Kier molecular flexibility index (Phi) is 4.60. The fourth-order valence-corrected chi connectivity index (χ4v) is 0.618. The standard InChI is InChI=1S/C6H6N2O2.N2/c9-8(10)7-6-4-2-1-3-5-6;1-2/h1-5,7H;. The smallest absolute Gasteiger partial charge is 0.162 e. The number of nitrogens with zero attached hydrogens (tertiary/aromatic N) is 3. The molecule has 0 aromatic heterocycles. The predicted octanol–water partition coefficient (Wildman–Crippen LogP) is 1.32. The molecule has 6 nitrogen and oxygen atoms in total. The number of anilines is 1. The lowest BCUT2D eigenvalue weighted by molar-refractivity contribution is -0.445. The molecule has 1 N–H and O–H groups in total. The van der Waals surface area contributed by atoms with Crippen molar-refractivity contribution in [2.24, 2.45) is 0 Å². The van der Waals surface area contributed by atoms with Crippen LogP contribution in [0.4, 0.5) is 5.69 Å². The van der Waals surface area contributed by atoms with E-state index in [1.807, 2.05) is 5.43 Å². The molecule has 0 heterocycles. The fraction of sp³-hybridized carbons (Fsp3) is 0. The average molecular weight is 166 g/mol. The second-order valence-electron chi connectivity index (χ2n) is 1.73. The first-order valence-corrected chi connectivity index (χ1v) is 2.95. The van der Waals surface area contributed by atoms with Crippen LogP contribution in [0, 0.1) is 20.9 Å². The van der Waals surface area contributed by atoms with Crippen molar-refractivity contribution < 1.29 is 5.03 Å². The minimum Gasteiger partial charge on any atom is -0.235 e. The Hall–Kier alpha value is -2.16. The largest absolute Gasteiger partial charge is 0.235 e. The minimum atomic E-state index is -0.588. The third-order valence-corrected chi connectivity index (χ3v) is 0.994. The third-order valence-electron chi connectivity index (χ3n) is 0.994. The molecule has 12 heavy (non-hydrogen) atoms. The first-order chi connectivity index (χ1) is 5.79. The molecule has 0 saturated heterocycles. The molecule has 0 unspecified atom stereocenters. The van der Waals surface area contributed by atoms with E-state index in [0.717, 1.165) is 0 Å². The zero-order chi connectivity index (χ0) is 9.40. The van der Waals surface area contributed by atoms with Crippen molar-refractivity contribution in [3.8, 4) is 0 Å². The lowest BCUT2D eigenvalue weighted by Crippen LogP contribution is -2.06. The average Bonchev–Trinajstić information content (AvgIpc) is 2.08. The van der Waals surface area contributed by atoms with Crippen molar-refractivity contribution in [3.63, 3.8) is 0 Å². The van der Waals surface area contributed by atoms with Crippen LogP contribution in [0.1, 0.15) is 0 Å². The molecular weight excluding hydrogens is 160 g/mol. The SMILES string of the molecule is N#N.O=[N+]([O-])Nc1ccccc1. The molecular formula is C6H6N4O2. The second kappa shape index (κ2) is 5.61. The molecule has 1 rings (SSSR count). The summed E-state index contributed by atoms with van der Waals surface area (Å²) in [4.78, 5) is 9.86. The van der Waals surface area contributed by atoms with Crippen molar-refractivity contribution in [1.82, 2.24) is 0 Å². The van der Waals surface area contributed by atoms with E-state index in [4.69, 9.17) is 10.8 Å². The van der Waals surface area contributed by atoms with Crippen LogP contribution in [-0.2, 0) is 0 Å². The molecule has 0 radical (unpaired) electrons. The Morgan fingerprint density at radius 1 is 1.25 bits per heavy atom. The van der Waals surface area contributed by atoms with Crippen LogP contribution in [0.3, 0.4) is 0 Å². The number of nitro groups is 1. The van der Waals surface area contributed by atoms with Gasteiger partial charge in [0.15, 0.2) is 5.03 Å². The van der Waals surface area contributed by atoms with Gasteiger partial charge in [-0.3, -0.25) is 0 Å². The molecule has 6 heteroatoms. The molecule has 0 bridgehead atoms. The molecule has 0 fully saturated rings. The highest BCUT2D eigenvalue weighted by molar-refractivity contribution is 5.39. The van der Waals surface area contributed by atoms with Crippen molar-refractivity contribution in [1.29, 1.82) is 10.8 Å². The topological polar surface area (TPSA) is 103 Å². The predicted molar refractivity (Wildman–Crippen MR) is 40.5 cm³/mol. The highest BCUT2D eigenvalue weighted by atomic mass is 16.7. The molecule has 1 aromatic rings. The van der Waals surface area contributed by atoms with E-state index < -0.39 is 5.03 Å². The minimum absolute atomic E-state index is 0.493. The Bertz CT molecular complexity index is 259. The molecule has 0 amide bonds. The third kappa shape index (κ3) is 3.79. The summed E-state index contributed by atoms with van der Waals surface area (Å²) < 4.78 is 0. The molecule has 0 saturated carbocycles. The summed E-state index contributed by atoms with van der Waals surface area (Å²) in [6.45, 7) is 0. The highest BCUT2D eigenvalue weighted by Crippen LogP contribution is 2.03. The molecule has 0 aliphatic heterocycles. The molecule has 0 aliphatic carbocycles. The van der Waals surface area contributed by atoms with Crippen LogP contribution < -0.4 is 5.43 Å². The van der Waals surface area contributed by atoms with E-state index in [1.54, 1.807) is 30.3 Å². The number of benzene rings is 1. The normalized spacial score (nSPS) is 7.50. The van der Waals surface area contributed by atoms with Gasteiger partial charge in [-0.15, -0.1) is 5.43 Å². The van der Waals surface area contributed by atoms with Gasteiger partial charge in [0.25, 0.3) is 0 Å². The number of hydrogen-bond donors (Lipinski definition) is 1. The van der Waals surface area contributed by atoms with Crippen molar-refractivity contribution in [3.05, 3.63) is 40.4 Å². The number of nitrogens with one attached hydrogen (secondary N) is 1. The quantitative estimate of drug-likeness (QED) is 0.405. The number of hydrogen-bond acceptors (Lipinski definition) is 4. The maximum Gasteiger partial charge on any atom is 0.162 e. The van der Waals surface area contributed by atoms with E-state index in [1.165, 1.54) is 0 Å². The number of hydrazine groups is 1.